The molecule has 0 radical (unpaired) electrons. The van der Waals surface area contributed by atoms with Gasteiger partial charge in [-0.25, -0.2) is 4.98 Å². The molecule has 0 spiro atoms. The third-order valence-corrected chi connectivity index (χ3v) is 3.42. The normalized spacial score (nSPS) is 10.7. The van der Waals surface area contributed by atoms with Gasteiger partial charge in [-0.2, -0.15) is 0 Å². The van der Waals surface area contributed by atoms with Crippen molar-refractivity contribution in [3.63, 3.8) is 0 Å². The van der Waals surface area contributed by atoms with Gasteiger partial charge in [-0.15, -0.1) is 0 Å². The van der Waals surface area contributed by atoms with E-state index in [1.807, 2.05) is 48.5 Å². The summed E-state index contributed by atoms with van der Waals surface area (Å²) >= 11 is 5.88. The van der Waals surface area contributed by atoms with Gasteiger partial charge in [-0.1, -0.05) is 29.8 Å². The quantitative estimate of drug-likeness (QED) is 0.712. The first-order chi connectivity index (χ1) is 9.72. The van der Waals surface area contributed by atoms with Crippen molar-refractivity contribution in [2.24, 2.45) is 0 Å². The van der Waals surface area contributed by atoms with Crippen LogP contribution in [0.15, 0.2) is 54.7 Å². The number of anilines is 2. The van der Waals surface area contributed by atoms with Crippen molar-refractivity contribution in [1.29, 1.82) is 0 Å². The zero-order valence-electron chi connectivity index (χ0n) is 10.8. The summed E-state index contributed by atoms with van der Waals surface area (Å²) in [4.78, 5) is 4.39. The third kappa shape index (κ3) is 2.68. The minimum atomic E-state index is 0.693. The molecule has 1 aromatic heterocycles. The highest BCUT2D eigenvalue weighted by Gasteiger charge is 2.03. The van der Waals surface area contributed by atoms with Gasteiger partial charge in [0.15, 0.2) is 0 Å². The first kappa shape index (κ1) is 12.8. The van der Waals surface area contributed by atoms with Crippen molar-refractivity contribution in [2.75, 3.05) is 11.1 Å². The van der Waals surface area contributed by atoms with Crippen LogP contribution in [0.4, 0.5) is 11.5 Å². The van der Waals surface area contributed by atoms with Crippen molar-refractivity contribution in [1.82, 2.24) is 4.98 Å². The first-order valence-corrected chi connectivity index (χ1v) is 6.73. The van der Waals surface area contributed by atoms with Gasteiger partial charge in [0, 0.05) is 28.8 Å². The zero-order valence-corrected chi connectivity index (χ0v) is 11.6. The Morgan fingerprint density at radius 1 is 1.05 bits per heavy atom. The molecule has 0 aliphatic rings. The lowest BCUT2D eigenvalue weighted by molar-refractivity contribution is 1.12. The maximum atomic E-state index is 5.88. The van der Waals surface area contributed by atoms with Gasteiger partial charge in [0.25, 0.3) is 0 Å². The Morgan fingerprint density at radius 2 is 1.85 bits per heavy atom. The van der Waals surface area contributed by atoms with Crippen LogP contribution in [-0.4, -0.2) is 4.98 Å². The Kier molecular flexibility index (Phi) is 3.44. The van der Waals surface area contributed by atoms with Crippen LogP contribution in [0, 0.1) is 0 Å². The molecule has 0 unspecified atom stereocenters. The highest BCUT2D eigenvalue weighted by molar-refractivity contribution is 6.30. The van der Waals surface area contributed by atoms with E-state index in [0.717, 1.165) is 32.9 Å². The molecule has 3 N–H and O–H groups in total. The standard InChI is InChI=1S/C16H14ClN3/c17-13-4-1-11(2-5-13)10-20-16-15-9-14(18)6-3-12(15)7-8-19-16/h1-9H,10,18H2,(H,19,20). The van der Waals surface area contributed by atoms with E-state index in [0.29, 0.717) is 6.54 Å². The molecule has 3 nitrogen and oxygen atoms in total. The van der Waals surface area contributed by atoms with E-state index in [4.69, 9.17) is 17.3 Å². The topological polar surface area (TPSA) is 50.9 Å². The number of hydrogen-bond donors (Lipinski definition) is 2. The molecule has 3 aromatic rings. The molecule has 0 amide bonds. The summed E-state index contributed by atoms with van der Waals surface area (Å²) in [5.41, 5.74) is 7.73. The molecular weight excluding hydrogens is 270 g/mol. The van der Waals surface area contributed by atoms with Crippen LogP contribution in [0.5, 0.6) is 0 Å². The fraction of sp³-hybridized carbons (Fsp3) is 0.0625. The van der Waals surface area contributed by atoms with Crippen LogP contribution in [0.3, 0.4) is 0 Å². The molecule has 20 heavy (non-hydrogen) atoms. The Morgan fingerprint density at radius 3 is 2.65 bits per heavy atom. The van der Waals surface area contributed by atoms with E-state index >= 15 is 0 Å². The van der Waals surface area contributed by atoms with Crippen molar-refractivity contribution < 1.29 is 0 Å². The molecule has 0 aliphatic heterocycles. The van der Waals surface area contributed by atoms with E-state index in [1.165, 1.54) is 0 Å². The van der Waals surface area contributed by atoms with Gasteiger partial charge >= 0.3 is 0 Å². The van der Waals surface area contributed by atoms with Crippen LogP contribution >= 0.6 is 11.6 Å². The number of benzene rings is 2. The number of pyridine rings is 1. The Bertz CT molecular complexity index is 738. The van der Waals surface area contributed by atoms with E-state index in [9.17, 15) is 0 Å². The molecule has 0 fully saturated rings. The molecule has 3 rings (SSSR count). The molecule has 0 aliphatic carbocycles. The fourth-order valence-corrected chi connectivity index (χ4v) is 2.24. The summed E-state index contributed by atoms with van der Waals surface area (Å²) in [6.45, 7) is 0.693. The average Bonchev–Trinajstić information content (AvgIpc) is 2.47. The lowest BCUT2D eigenvalue weighted by atomic mass is 10.1. The second-order valence-corrected chi connectivity index (χ2v) is 5.06. The number of halogens is 1. The second-order valence-electron chi connectivity index (χ2n) is 4.62. The van der Waals surface area contributed by atoms with E-state index in [2.05, 4.69) is 10.3 Å². The summed E-state index contributed by atoms with van der Waals surface area (Å²) < 4.78 is 0. The second kappa shape index (κ2) is 5.39. The van der Waals surface area contributed by atoms with E-state index in [-0.39, 0.29) is 0 Å². The highest BCUT2D eigenvalue weighted by Crippen LogP contribution is 2.23. The van der Waals surface area contributed by atoms with Gasteiger partial charge in [-0.3, -0.25) is 0 Å². The maximum Gasteiger partial charge on any atom is 0.134 e. The summed E-state index contributed by atoms with van der Waals surface area (Å²) in [7, 11) is 0. The monoisotopic (exact) mass is 283 g/mol. The van der Waals surface area contributed by atoms with Crippen LogP contribution in [-0.2, 0) is 6.54 Å². The van der Waals surface area contributed by atoms with Crippen molar-refractivity contribution in [3.8, 4) is 0 Å². The molecule has 100 valence electrons. The van der Waals surface area contributed by atoms with Gasteiger partial charge < -0.3 is 11.1 Å². The number of hydrogen-bond acceptors (Lipinski definition) is 3. The van der Waals surface area contributed by atoms with Gasteiger partial charge in [0.05, 0.1) is 0 Å². The largest absolute Gasteiger partial charge is 0.399 e. The molecule has 0 bridgehead atoms. The molecule has 0 saturated carbocycles. The minimum Gasteiger partial charge on any atom is -0.399 e. The van der Waals surface area contributed by atoms with Crippen molar-refractivity contribution in [3.05, 3.63) is 65.3 Å². The van der Waals surface area contributed by atoms with Crippen molar-refractivity contribution in [2.45, 2.75) is 6.54 Å². The van der Waals surface area contributed by atoms with Crippen molar-refractivity contribution >= 4 is 33.9 Å². The summed E-state index contributed by atoms with van der Waals surface area (Å²) in [6.07, 6.45) is 1.79. The Balaban J connectivity index is 1.87. The van der Waals surface area contributed by atoms with Gasteiger partial charge in [-0.05, 0) is 41.3 Å². The number of nitrogens with zero attached hydrogens (tertiary/aromatic N) is 1. The summed E-state index contributed by atoms with van der Waals surface area (Å²) in [6, 6.07) is 15.6. The number of rotatable bonds is 3. The lowest BCUT2D eigenvalue weighted by Crippen LogP contribution is -2.02. The number of nitrogen functional groups attached to an aromatic ring is 1. The van der Waals surface area contributed by atoms with Crippen LogP contribution in [0.25, 0.3) is 10.8 Å². The summed E-state index contributed by atoms with van der Waals surface area (Å²) in [5.74, 6) is 0.838. The molecular formula is C16H14ClN3. The number of aromatic nitrogens is 1. The minimum absolute atomic E-state index is 0.693. The maximum absolute atomic E-state index is 5.88. The summed E-state index contributed by atoms with van der Waals surface area (Å²) in [5, 5.41) is 6.23. The van der Waals surface area contributed by atoms with Gasteiger partial charge in [0.2, 0.25) is 0 Å². The smallest absolute Gasteiger partial charge is 0.134 e. The molecule has 2 aromatic carbocycles. The fourth-order valence-electron chi connectivity index (χ4n) is 2.11. The third-order valence-electron chi connectivity index (χ3n) is 3.16. The molecule has 1 heterocycles. The number of nitrogens with one attached hydrogen (secondary N) is 1. The SMILES string of the molecule is Nc1ccc2ccnc(NCc3ccc(Cl)cc3)c2c1. The molecule has 0 saturated heterocycles. The zero-order chi connectivity index (χ0) is 13.9. The highest BCUT2D eigenvalue weighted by atomic mass is 35.5. The predicted molar refractivity (Wildman–Crippen MR) is 84.9 cm³/mol. The van der Waals surface area contributed by atoms with E-state index < -0.39 is 0 Å². The van der Waals surface area contributed by atoms with E-state index in [1.54, 1.807) is 6.20 Å². The predicted octanol–water partition coefficient (Wildman–Crippen LogP) is 4.08. The van der Waals surface area contributed by atoms with Crippen LogP contribution in [0.2, 0.25) is 5.02 Å². The number of nitrogens with two attached hydrogens (primary N) is 1. The number of fused-ring (bicyclic) bond motifs is 1. The van der Waals surface area contributed by atoms with Crippen LogP contribution < -0.4 is 11.1 Å². The van der Waals surface area contributed by atoms with Crippen LogP contribution in [0.1, 0.15) is 5.56 Å². The first-order valence-electron chi connectivity index (χ1n) is 6.35. The lowest BCUT2D eigenvalue weighted by Gasteiger charge is -2.09. The molecule has 0 atom stereocenters. The average molecular weight is 284 g/mol. The van der Waals surface area contributed by atoms with Gasteiger partial charge in [0.1, 0.15) is 5.82 Å². The Hall–Kier alpha value is -2.26. The Labute approximate surface area is 122 Å². The molecule has 4 heteroatoms.